The first-order valence-corrected chi connectivity index (χ1v) is 5.51. The van der Waals surface area contributed by atoms with Gasteiger partial charge in [-0.3, -0.25) is 10.7 Å². The quantitative estimate of drug-likeness (QED) is 0.676. The molecule has 0 saturated carbocycles. The normalized spacial score (nSPS) is 23.1. The molecule has 13 heavy (non-hydrogen) atoms. The maximum Gasteiger partial charge on any atom is 0.0285 e. The molecule has 0 aromatic rings. The van der Waals surface area contributed by atoms with Gasteiger partial charge >= 0.3 is 0 Å². The Kier molecular flexibility index (Phi) is 7.23. The number of nitrogens with two attached hydrogens (primary N) is 1. The lowest BCUT2D eigenvalue weighted by Gasteiger charge is -2.25. The Morgan fingerprint density at radius 3 is 2.15 bits per heavy atom. The third-order valence-electron chi connectivity index (χ3n) is 2.52. The van der Waals surface area contributed by atoms with Crippen molar-refractivity contribution in [1.82, 2.24) is 9.91 Å². The highest BCUT2D eigenvalue weighted by Gasteiger charge is 2.23. The van der Waals surface area contributed by atoms with E-state index in [0.29, 0.717) is 6.04 Å². The molecule has 1 rings (SSSR count). The van der Waals surface area contributed by atoms with Gasteiger partial charge in [0.1, 0.15) is 0 Å². The van der Waals surface area contributed by atoms with Crippen molar-refractivity contribution in [3.63, 3.8) is 0 Å². The molecule has 1 fully saturated rings. The second kappa shape index (κ2) is 7.30. The molecule has 80 valence electrons. The van der Waals surface area contributed by atoms with Crippen LogP contribution in [0.4, 0.5) is 0 Å². The van der Waals surface area contributed by atoms with E-state index in [4.69, 9.17) is 5.84 Å². The highest BCUT2D eigenvalue weighted by atomic mass is 15.4. The van der Waals surface area contributed by atoms with Crippen LogP contribution in [0.25, 0.3) is 0 Å². The van der Waals surface area contributed by atoms with E-state index in [9.17, 15) is 0 Å². The maximum atomic E-state index is 5.68. The Bertz CT molecular complexity index is 113. The topological polar surface area (TPSA) is 32.5 Å². The largest absolute Gasteiger partial charge is 0.300 e. The minimum Gasteiger partial charge on any atom is -0.300 e. The minimum atomic E-state index is 0.704. The van der Waals surface area contributed by atoms with E-state index in [1.54, 1.807) is 0 Å². The molecule has 0 aromatic heterocycles. The smallest absolute Gasteiger partial charge is 0.0285 e. The first-order chi connectivity index (χ1) is 6.27. The summed E-state index contributed by atoms with van der Waals surface area (Å²) in [7, 11) is 0. The van der Waals surface area contributed by atoms with Crippen LogP contribution in [0.15, 0.2) is 0 Å². The van der Waals surface area contributed by atoms with E-state index in [1.165, 1.54) is 6.42 Å². The summed E-state index contributed by atoms with van der Waals surface area (Å²) >= 11 is 0. The third-order valence-corrected chi connectivity index (χ3v) is 2.52. The van der Waals surface area contributed by atoms with Crippen LogP contribution in [-0.2, 0) is 0 Å². The average molecular weight is 187 g/mol. The van der Waals surface area contributed by atoms with Crippen molar-refractivity contribution in [3.05, 3.63) is 0 Å². The van der Waals surface area contributed by atoms with Crippen molar-refractivity contribution in [3.8, 4) is 0 Å². The van der Waals surface area contributed by atoms with Crippen LogP contribution in [0.2, 0.25) is 0 Å². The van der Waals surface area contributed by atoms with Crippen LogP contribution in [0.5, 0.6) is 0 Å². The molecule has 0 aliphatic carbocycles. The molecule has 1 atom stereocenters. The Morgan fingerprint density at radius 1 is 1.31 bits per heavy atom. The Hall–Kier alpha value is -0.120. The summed E-state index contributed by atoms with van der Waals surface area (Å²) in [5.41, 5.74) is 0. The summed E-state index contributed by atoms with van der Waals surface area (Å²) in [6, 6.07) is 0.704. The highest BCUT2D eigenvalue weighted by Crippen LogP contribution is 2.11. The van der Waals surface area contributed by atoms with Crippen molar-refractivity contribution >= 4 is 0 Å². The Morgan fingerprint density at radius 2 is 1.85 bits per heavy atom. The van der Waals surface area contributed by atoms with Gasteiger partial charge in [-0.2, -0.15) is 0 Å². The van der Waals surface area contributed by atoms with Crippen molar-refractivity contribution in [2.24, 2.45) is 5.84 Å². The van der Waals surface area contributed by atoms with Gasteiger partial charge in [0.2, 0.25) is 0 Å². The molecule has 0 amide bonds. The van der Waals surface area contributed by atoms with E-state index in [1.807, 2.05) is 18.9 Å². The van der Waals surface area contributed by atoms with Crippen LogP contribution in [0.1, 0.15) is 34.1 Å². The lowest BCUT2D eigenvalue weighted by molar-refractivity contribution is 0.212. The van der Waals surface area contributed by atoms with Gasteiger partial charge in [-0.25, -0.2) is 5.01 Å². The van der Waals surface area contributed by atoms with Crippen LogP contribution in [0, 0.1) is 0 Å². The Balaban J connectivity index is 0.000000671. The number of hydrazine groups is 1. The van der Waals surface area contributed by atoms with E-state index in [2.05, 4.69) is 18.7 Å². The fourth-order valence-electron chi connectivity index (χ4n) is 1.81. The predicted octanol–water partition coefficient (Wildman–Crippen LogP) is 1.30. The summed E-state index contributed by atoms with van der Waals surface area (Å²) in [5.74, 6) is 5.68. The molecule has 0 spiro atoms. The zero-order valence-corrected chi connectivity index (χ0v) is 9.58. The molecular formula is C10H25N3. The summed E-state index contributed by atoms with van der Waals surface area (Å²) in [6.45, 7) is 12.8. The predicted molar refractivity (Wildman–Crippen MR) is 58.4 cm³/mol. The molecule has 1 heterocycles. The van der Waals surface area contributed by atoms with Crippen molar-refractivity contribution in [1.29, 1.82) is 0 Å². The molecule has 3 nitrogen and oxygen atoms in total. The zero-order chi connectivity index (χ0) is 10.3. The van der Waals surface area contributed by atoms with Crippen molar-refractivity contribution < 1.29 is 0 Å². The summed E-state index contributed by atoms with van der Waals surface area (Å²) in [4.78, 5) is 2.48. The second-order valence-corrected chi connectivity index (χ2v) is 3.16. The molecule has 2 N–H and O–H groups in total. The lowest BCUT2D eigenvalue weighted by Crippen LogP contribution is -2.38. The molecule has 1 saturated heterocycles. The van der Waals surface area contributed by atoms with E-state index < -0.39 is 0 Å². The van der Waals surface area contributed by atoms with Crippen LogP contribution in [0.3, 0.4) is 0 Å². The molecule has 0 aromatic carbocycles. The van der Waals surface area contributed by atoms with E-state index in [0.717, 1.165) is 26.2 Å². The number of likely N-dealkylation sites (N-methyl/N-ethyl adjacent to an activating group) is 1. The third kappa shape index (κ3) is 4.07. The second-order valence-electron chi connectivity index (χ2n) is 3.16. The zero-order valence-electron chi connectivity index (χ0n) is 9.58. The number of hydrogen-bond donors (Lipinski definition) is 1. The van der Waals surface area contributed by atoms with Gasteiger partial charge in [0.25, 0.3) is 0 Å². The van der Waals surface area contributed by atoms with E-state index in [-0.39, 0.29) is 0 Å². The van der Waals surface area contributed by atoms with Gasteiger partial charge < -0.3 is 0 Å². The first kappa shape index (κ1) is 12.9. The molecule has 0 bridgehead atoms. The van der Waals surface area contributed by atoms with Crippen LogP contribution >= 0.6 is 0 Å². The number of rotatable bonds is 3. The van der Waals surface area contributed by atoms with Crippen molar-refractivity contribution in [2.45, 2.75) is 40.2 Å². The summed E-state index contributed by atoms with van der Waals surface area (Å²) in [6.07, 6.45) is 1.23. The van der Waals surface area contributed by atoms with Gasteiger partial charge in [-0.05, 0) is 19.5 Å². The van der Waals surface area contributed by atoms with Crippen LogP contribution < -0.4 is 5.84 Å². The monoisotopic (exact) mass is 187 g/mol. The number of nitrogens with zero attached hydrogens (tertiary/aromatic N) is 2. The molecule has 3 heteroatoms. The van der Waals surface area contributed by atoms with Crippen molar-refractivity contribution in [2.75, 3.05) is 26.2 Å². The SMILES string of the molecule is CC.CCN(CC)C1CCN(N)C1. The fraction of sp³-hybridized carbons (Fsp3) is 1.00. The molecular weight excluding hydrogens is 162 g/mol. The molecule has 1 aliphatic heterocycles. The number of hydrogen-bond acceptors (Lipinski definition) is 3. The highest BCUT2D eigenvalue weighted by molar-refractivity contribution is 4.79. The average Bonchev–Trinajstić information content (AvgIpc) is 2.58. The van der Waals surface area contributed by atoms with Gasteiger partial charge in [0, 0.05) is 19.1 Å². The lowest BCUT2D eigenvalue weighted by atomic mass is 10.2. The molecule has 1 aliphatic rings. The molecule has 1 unspecified atom stereocenters. The van der Waals surface area contributed by atoms with Gasteiger partial charge in [0.15, 0.2) is 0 Å². The summed E-state index contributed by atoms with van der Waals surface area (Å²) in [5, 5.41) is 1.92. The maximum absolute atomic E-state index is 5.68. The molecule has 0 radical (unpaired) electrons. The van der Waals surface area contributed by atoms with Gasteiger partial charge in [-0.1, -0.05) is 27.7 Å². The minimum absolute atomic E-state index is 0.704. The standard InChI is InChI=1S/C8H19N3.C2H6/c1-3-10(4-2)8-5-6-11(9)7-8;1-2/h8H,3-7,9H2,1-2H3;1-2H3. The Labute approximate surface area is 82.9 Å². The van der Waals surface area contributed by atoms with Crippen LogP contribution in [-0.4, -0.2) is 42.1 Å². The fourth-order valence-corrected chi connectivity index (χ4v) is 1.81. The van der Waals surface area contributed by atoms with Gasteiger partial charge in [0.05, 0.1) is 0 Å². The summed E-state index contributed by atoms with van der Waals surface area (Å²) < 4.78 is 0. The van der Waals surface area contributed by atoms with Gasteiger partial charge in [-0.15, -0.1) is 0 Å². The first-order valence-electron chi connectivity index (χ1n) is 5.51. The van der Waals surface area contributed by atoms with E-state index >= 15 is 0 Å².